The molecule has 7 nitrogen and oxygen atoms in total. The van der Waals surface area contributed by atoms with Gasteiger partial charge in [-0.2, -0.15) is 0 Å². The van der Waals surface area contributed by atoms with E-state index in [-0.39, 0.29) is 41.0 Å². The van der Waals surface area contributed by atoms with Crippen molar-refractivity contribution in [3.63, 3.8) is 0 Å². The van der Waals surface area contributed by atoms with Crippen LogP contribution in [-0.2, 0) is 14.4 Å². The quantitative estimate of drug-likeness (QED) is 0.284. The van der Waals surface area contributed by atoms with Crippen LogP contribution in [0.3, 0.4) is 0 Å². The van der Waals surface area contributed by atoms with Crippen LogP contribution in [-0.4, -0.2) is 80.2 Å². The second kappa shape index (κ2) is 12.2. The number of rotatable bonds is 10. The number of aliphatic hydroxyl groups is 1. The van der Waals surface area contributed by atoms with Crippen LogP contribution >= 0.6 is 39.3 Å². The van der Waals surface area contributed by atoms with Crippen LogP contribution in [0.25, 0.3) is 0 Å². The number of aryl methyl sites for hydroxylation is 1. The number of carbonyl (C=O) groups is 3. The maximum atomic E-state index is 15.0. The molecule has 0 aliphatic carbocycles. The molecule has 3 aliphatic heterocycles. The third-order valence-corrected chi connectivity index (χ3v) is 12.3. The number of carbonyl (C=O) groups excluding carboxylic acids is 3. The van der Waals surface area contributed by atoms with Crippen molar-refractivity contribution in [3.8, 4) is 0 Å². The number of para-hydroxylation sites is 1. The molecule has 2 aromatic rings. The molecule has 1 N–H and O–H groups in total. The first kappa shape index (κ1) is 30.9. The molecule has 3 heterocycles. The molecule has 3 amide bonds. The fraction of sp³-hybridized carbons (Fsp3) is 0.406. The summed E-state index contributed by atoms with van der Waals surface area (Å²) in [7, 11) is 1.71. The number of likely N-dealkylation sites (tertiary alicyclic amines) is 1. The number of amides is 3. The Morgan fingerprint density at radius 2 is 1.86 bits per heavy atom. The highest BCUT2D eigenvalue weighted by atomic mass is 79.9. The lowest BCUT2D eigenvalue weighted by Gasteiger charge is -2.40. The Morgan fingerprint density at radius 3 is 2.48 bits per heavy atom. The van der Waals surface area contributed by atoms with Crippen LogP contribution in [0.4, 0.5) is 5.69 Å². The van der Waals surface area contributed by atoms with E-state index in [0.717, 1.165) is 5.56 Å². The maximum Gasteiger partial charge on any atom is 0.251 e. The van der Waals surface area contributed by atoms with Crippen molar-refractivity contribution in [3.05, 3.63) is 90.0 Å². The van der Waals surface area contributed by atoms with Crippen molar-refractivity contribution in [1.29, 1.82) is 0 Å². The second-order valence-electron chi connectivity index (χ2n) is 11.2. The van der Waals surface area contributed by atoms with E-state index < -0.39 is 28.7 Å². The molecule has 0 aromatic heterocycles. The van der Waals surface area contributed by atoms with E-state index in [1.54, 1.807) is 51.7 Å². The molecule has 1 spiro atoms. The van der Waals surface area contributed by atoms with E-state index >= 15 is 0 Å². The largest absolute Gasteiger partial charge is 0.394 e. The van der Waals surface area contributed by atoms with Gasteiger partial charge in [-0.3, -0.25) is 14.4 Å². The maximum absolute atomic E-state index is 15.0. The van der Waals surface area contributed by atoms with Crippen molar-refractivity contribution >= 4 is 62.7 Å². The molecule has 3 saturated heterocycles. The first-order chi connectivity index (χ1) is 20.1. The van der Waals surface area contributed by atoms with E-state index in [4.69, 9.17) is 11.6 Å². The minimum absolute atomic E-state index is 0.0768. The molecule has 2 bridgehead atoms. The average molecular weight is 673 g/mol. The Hall–Kier alpha value is -2.59. The van der Waals surface area contributed by atoms with E-state index in [1.165, 1.54) is 0 Å². The number of halogens is 2. The zero-order chi connectivity index (χ0) is 30.3. The molecule has 2 aromatic carbocycles. The predicted octanol–water partition coefficient (Wildman–Crippen LogP) is 5.01. The van der Waals surface area contributed by atoms with Gasteiger partial charge in [-0.15, -0.1) is 24.9 Å². The van der Waals surface area contributed by atoms with Crippen molar-refractivity contribution in [1.82, 2.24) is 9.80 Å². The number of thioether (sulfide) groups is 1. The Balaban J connectivity index is 1.69. The topological polar surface area (TPSA) is 81.2 Å². The van der Waals surface area contributed by atoms with Gasteiger partial charge in [0.25, 0.3) is 5.91 Å². The highest BCUT2D eigenvalue weighted by Crippen LogP contribution is 2.68. The van der Waals surface area contributed by atoms with E-state index in [0.29, 0.717) is 29.2 Å². The van der Waals surface area contributed by atoms with Gasteiger partial charge in [-0.05, 0) is 30.5 Å². The summed E-state index contributed by atoms with van der Waals surface area (Å²) in [5.41, 5.74) is 2.08. The molecular weight excluding hydrogens is 638 g/mol. The van der Waals surface area contributed by atoms with Crippen molar-refractivity contribution < 1.29 is 19.5 Å². The highest BCUT2D eigenvalue weighted by molar-refractivity contribution is 9.09. The van der Waals surface area contributed by atoms with Gasteiger partial charge in [-0.1, -0.05) is 82.1 Å². The third-order valence-electron chi connectivity index (χ3n) is 8.75. The SMILES string of the molecule is C=CCN(C)C(=O)[C@H]1[C@H]2C(=O)N([C@H](CO)c3ccccc3)C(C(=O)N(CC=C)c3c(C)cccc3Cl)C23CC(Br)[C@@H]1S3. The molecule has 3 unspecified atom stereocenters. The first-order valence-corrected chi connectivity index (χ1v) is 16.1. The van der Waals surface area contributed by atoms with Crippen molar-refractivity contribution in [2.45, 2.75) is 40.3 Å². The first-order valence-electron chi connectivity index (χ1n) is 14.0. The highest BCUT2D eigenvalue weighted by Gasteiger charge is 2.76. The number of anilines is 1. The van der Waals surface area contributed by atoms with Crippen molar-refractivity contribution in [2.75, 3.05) is 31.6 Å². The third kappa shape index (κ3) is 4.82. The predicted molar refractivity (Wildman–Crippen MR) is 172 cm³/mol. The smallest absolute Gasteiger partial charge is 0.251 e. The number of nitrogens with zero attached hydrogens (tertiary/aromatic N) is 3. The van der Waals surface area contributed by atoms with Gasteiger partial charge < -0.3 is 19.8 Å². The summed E-state index contributed by atoms with van der Waals surface area (Å²) in [6.45, 7) is 9.69. The molecule has 3 aliphatic rings. The van der Waals surface area contributed by atoms with Crippen LogP contribution in [0, 0.1) is 18.8 Å². The van der Waals surface area contributed by atoms with Gasteiger partial charge in [0.2, 0.25) is 11.8 Å². The van der Waals surface area contributed by atoms with E-state index in [1.807, 2.05) is 49.4 Å². The van der Waals surface area contributed by atoms with Gasteiger partial charge in [0.05, 0.1) is 39.9 Å². The summed E-state index contributed by atoms with van der Waals surface area (Å²) < 4.78 is -0.890. The molecule has 0 radical (unpaired) electrons. The number of hydrogen-bond acceptors (Lipinski definition) is 5. The van der Waals surface area contributed by atoms with Crippen LogP contribution in [0.15, 0.2) is 73.8 Å². The number of hydrogen-bond donors (Lipinski definition) is 1. The van der Waals surface area contributed by atoms with Gasteiger partial charge in [0, 0.05) is 30.2 Å². The van der Waals surface area contributed by atoms with Crippen LogP contribution in [0.2, 0.25) is 5.02 Å². The van der Waals surface area contributed by atoms with Gasteiger partial charge >= 0.3 is 0 Å². The minimum Gasteiger partial charge on any atom is -0.394 e. The number of likely N-dealkylation sites (N-methyl/N-ethyl adjacent to an activating group) is 1. The summed E-state index contributed by atoms with van der Waals surface area (Å²) in [6.07, 6.45) is 3.82. The number of aliphatic hydroxyl groups excluding tert-OH is 1. The average Bonchev–Trinajstić information content (AvgIpc) is 3.56. The fourth-order valence-electron chi connectivity index (χ4n) is 7.07. The van der Waals surface area contributed by atoms with Crippen LogP contribution in [0.1, 0.15) is 23.6 Å². The lowest BCUT2D eigenvalue weighted by molar-refractivity contribution is -0.144. The lowest BCUT2D eigenvalue weighted by atomic mass is 9.70. The lowest BCUT2D eigenvalue weighted by Crippen LogP contribution is -2.56. The van der Waals surface area contributed by atoms with E-state index in [2.05, 4.69) is 29.1 Å². The summed E-state index contributed by atoms with van der Waals surface area (Å²) in [4.78, 5) is 48.3. The molecule has 42 heavy (non-hydrogen) atoms. The Kier molecular flexibility index (Phi) is 8.95. The van der Waals surface area contributed by atoms with Gasteiger partial charge in [0.15, 0.2) is 0 Å². The van der Waals surface area contributed by atoms with E-state index in [9.17, 15) is 19.5 Å². The summed E-state index contributed by atoms with van der Waals surface area (Å²) >= 11 is 12.1. The molecule has 222 valence electrons. The zero-order valence-corrected chi connectivity index (χ0v) is 26.8. The molecule has 3 fully saturated rings. The molecule has 5 rings (SSSR count). The normalized spacial score (nSPS) is 28.4. The molecule has 7 atom stereocenters. The second-order valence-corrected chi connectivity index (χ2v) is 14.3. The Bertz CT molecular complexity index is 1390. The van der Waals surface area contributed by atoms with Gasteiger partial charge in [-0.25, -0.2) is 0 Å². The summed E-state index contributed by atoms with van der Waals surface area (Å²) in [5, 5.41) is 11.0. The molecular formula is C32H35BrClN3O4S. The Morgan fingerprint density at radius 1 is 1.17 bits per heavy atom. The summed E-state index contributed by atoms with van der Waals surface area (Å²) in [6, 6.07) is 13.0. The standard InChI is InChI=1S/C32H35BrClN3O4S/c1-5-15-35(4)29(39)24-25-30(40)37(23(18-38)20-12-8-7-9-13-20)28(32(25)17-21(33)27(24)42-32)31(41)36(16-6-2)26-19(3)11-10-14-22(26)34/h5-14,21,23-25,27-28,38H,1-2,15-18H2,3-4H3/t21?,23-,24+,25+,27+,28?,32?/m1/s1. The minimum atomic E-state index is -0.958. The number of fused-ring (bicyclic) bond motifs is 1. The Labute approximate surface area is 264 Å². The zero-order valence-electron chi connectivity index (χ0n) is 23.7. The van der Waals surface area contributed by atoms with Gasteiger partial charge in [0.1, 0.15) is 6.04 Å². The fourth-order valence-corrected chi connectivity index (χ4v) is 11.0. The van der Waals surface area contributed by atoms with Crippen LogP contribution in [0.5, 0.6) is 0 Å². The number of benzene rings is 2. The molecule has 10 heteroatoms. The summed E-state index contributed by atoms with van der Waals surface area (Å²) in [5.74, 6) is -2.10. The monoisotopic (exact) mass is 671 g/mol. The van der Waals surface area contributed by atoms with Crippen LogP contribution < -0.4 is 4.90 Å². The van der Waals surface area contributed by atoms with Crippen molar-refractivity contribution in [2.24, 2.45) is 11.8 Å². The molecule has 0 saturated carbocycles. The number of alkyl halides is 1.